The van der Waals surface area contributed by atoms with Crippen molar-refractivity contribution < 1.29 is 45.2 Å². The minimum Gasteiger partial charge on any atom is -0.493 e. The molecule has 0 saturated heterocycles. The number of nitrogens with one attached hydrogen (secondary N) is 2. The summed E-state index contributed by atoms with van der Waals surface area (Å²) in [4.78, 5) is 26.3. The molecule has 4 heterocycles. The molecule has 0 bridgehead atoms. The predicted molar refractivity (Wildman–Crippen MR) is 142 cm³/mol. The van der Waals surface area contributed by atoms with Crippen LogP contribution in [0.4, 0.5) is 19.0 Å². The zero-order valence-corrected chi connectivity index (χ0v) is 23.9. The Labute approximate surface area is 238 Å². The topological polar surface area (TPSA) is 155 Å². The number of carbonyl (C=O) groups excluding carboxylic acids is 2. The highest BCUT2D eigenvalue weighted by atomic mass is 32.2. The Morgan fingerprint density at radius 1 is 1.24 bits per heavy atom. The van der Waals surface area contributed by atoms with E-state index in [2.05, 4.69) is 20.9 Å². The van der Waals surface area contributed by atoms with Gasteiger partial charge in [-0.15, -0.1) is 0 Å². The average molecular weight is 612 g/mol. The van der Waals surface area contributed by atoms with E-state index >= 15 is 0 Å². The molecule has 12 nitrogen and oxygen atoms in total. The minimum atomic E-state index is -4.52. The first kappa shape index (κ1) is 29.4. The van der Waals surface area contributed by atoms with Crippen molar-refractivity contribution >= 4 is 27.5 Å². The van der Waals surface area contributed by atoms with E-state index in [1.165, 1.54) is 22.9 Å². The second-order valence-corrected chi connectivity index (χ2v) is 13.5. The van der Waals surface area contributed by atoms with Crippen LogP contribution < -0.4 is 20.1 Å². The van der Waals surface area contributed by atoms with Gasteiger partial charge in [0.05, 0.1) is 17.8 Å². The molecule has 0 fully saturated rings. The lowest BCUT2D eigenvalue weighted by atomic mass is 9.77. The van der Waals surface area contributed by atoms with Crippen molar-refractivity contribution in [3.63, 3.8) is 0 Å². The van der Waals surface area contributed by atoms with Crippen molar-refractivity contribution in [3.05, 3.63) is 46.8 Å². The lowest BCUT2D eigenvalue weighted by Gasteiger charge is -2.41. The molecule has 2 aliphatic heterocycles. The SMILES string of the molecule is CC(C)(C)c1cc(-n2nc3c(c2NC(=O)CS(C)(=O)=O)C(=O)N[C@@]2(CCOc4cc(OCC(F)(F)F)ccc42)C3)no1. The third kappa shape index (κ3) is 5.93. The molecular formula is C26H28F3N5O7S. The zero-order chi connectivity index (χ0) is 30.7. The molecule has 0 saturated carbocycles. The minimum absolute atomic E-state index is 0.0148. The number of hydrogen-bond donors (Lipinski definition) is 2. The highest BCUT2D eigenvalue weighted by Crippen LogP contribution is 2.44. The summed E-state index contributed by atoms with van der Waals surface area (Å²) >= 11 is 0. The van der Waals surface area contributed by atoms with Gasteiger partial charge in [-0.05, 0) is 12.1 Å². The molecule has 0 aliphatic carbocycles. The first-order valence-electron chi connectivity index (χ1n) is 12.8. The number of nitrogens with zero attached hydrogens (tertiary/aromatic N) is 3. The number of anilines is 1. The number of ether oxygens (including phenoxy) is 2. The molecule has 0 unspecified atom stereocenters. The molecule has 5 rings (SSSR count). The molecule has 1 spiro atoms. The zero-order valence-electron chi connectivity index (χ0n) is 23.1. The Kier molecular flexibility index (Phi) is 7.02. The van der Waals surface area contributed by atoms with Crippen LogP contribution in [0.15, 0.2) is 28.8 Å². The molecule has 2 aliphatic rings. The summed E-state index contributed by atoms with van der Waals surface area (Å²) in [5, 5.41) is 14.1. The molecule has 2 N–H and O–H groups in total. The van der Waals surface area contributed by atoms with E-state index < -0.39 is 51.1 Å². The van der Waals surface area contributed by atoms with E-state index in [9.17, 15) is 31.2 Å². The van der Waals surface area contributed by atoms with Gasteiger partial charge in [0.2, 0.25) is 5.91 Å². The molecule has 1 atom stereocenters. The van der Waals surface area contributed by atoms with E-state index in [0.29, 0.717) is 17.7 Å². The normalized spacial score (nSPS) is 18.6. The van der Waals surface area contributed by atoms with Crippen LogP contribution in [0.3, 0.4) is 0 Å². The van der Waals surface area contributed by atoms with Crippen LogP contribution in [0, 0.1) is 0 Å². The fourth-order valence-electron chi connectivity index (χ4n) is 4.90. The van der Waals surface area contributed by atoms with Gasteiger partial charge in [-0.1, -0.05) is 25.9 Å². The summed E-state index contributed by atoms with van der Waals surface area (Å²) in [5.74, 6) is -1.54. The Morgan fingerprint density at radius 3 is 2.62 bits per heavy atom. The number of carbonyl (C=O) groups is 2. The van der Waals surface area contributed by atoms with Crippen molar-refractivity contribution in [1.82, 2.24) is 20.3 Å². The van der Waals surface area contributed by atoms with Crippen molar-refractivity contribution in [1.29, 1.82) is 0 Å². The molecule has 16 heteroatoms. The fraction of sp³-hybridized carbons (Fsp3) is 0.462. The molecule has 2 amide bonds. The van der Waals surface area contributed by atoms with Crippen LogP contribution in [0.2, 0.25) is 0 Å². The van der Waals surface area contributed by atoms with Gasteiger partial charge in [0, 0.05) is 42.2 Å². The Bertz CT molecular complexity index is 1670. The number of fused-ring (bicyclic) bond motifs is 3. The largest absolute Gasteiger partial charge is 0.493 e. The van der Waals surface area contributed by atoms with Gasteiger partial charge in [0.25, 0.3) is 5.91 Å². The number of aromatic nitrogens is 3. The Morgan fingerprint density at radius 2 is 1.98 bits per heavy atom. The van der Waals surface area contributed by atoms with E-state index in [0.717, 1.165) is 6.26 Å². The Balaban J connectivity index is 1.55. The van der Waals surface area contributed by atoms with Crippen LogP contribution in [0.5, 0.6) is 11.5 Å². The standard InChI is InChI=1S/C26H28F3N5O7S/c1-24(2,3)18-10-19(33-41-18)34-22(30-20(35)12-42(4,37)38)21-16(32-34)11-25(31-23(21)36)7-8-39-17-9-14(5-6-15(17)25)40-13-26(27,28)29/h5-6,9-10H,7-8,11-13H2,1-4H3,(H,30,35)(H,31,36)/t25-/m0/s1. The molecule has 0 radical (unpaired) electrons. The monoisotopic (exact) mass is 611 g/mol. The number of halogens is 3. The number of benzene rings is 1. The highest BCUT2D eigenvalue weighted by Gasteiger charge is 2.46. The highest BCUT2D eigenvalue weighted by molar-refractivity contribution is 7.91. The number of sulfone groups is 1. The molecule has 3 aromatic rings. The number of rotatable bonds is 6. The van der Waals surface area contributed by atoms with Crippen molar-refractivity contribution in [3.8, 4) is 17.3 Å². The molecule has 2 aromatic heterocycles. The van der Waals surface area contributed by atoms with Crippen LogP contribution in [0.1, 0.15) is 54.6 Å². The van der Waals surface area contributed by atoms with Gasteiger partial charge < -0.3 is 24.6 Å². The van der Waals surface area contributed by atoms with Crippen molar-refractivity contribution in [2.24, 2.45) is 0 Å². The van der Waals surface area contributed by atoms with Gasteiger partial charge in [-0.2, -0.15) is 23.0 Å². The first-order chi connectivity index (χ1) is 19.4. The maximum Gasteiger partial charge on any atom is 0.422 e. The molecular weight excluding hydrogens is 583 g/mol. The fourth-order valence-corrected chi connectivity index (χ4v) is 5.45. The van der Waals surface area contributed by atoms with Crippen LogP contribution in [0.25, 0.3) is 5.82 Å². The third-order valence-corrected chi connectivity index (χ3v) is 7.56. The molecule has 226 valence electrons. The first-order valence-corrected chi connectivity index (χ1v) is 14.9. The predicted octanol–water partition coefficient (Wildman–Crippen LogP) is 3.05. The summed E-state index contributed by atoms with van der Waals surface area (Å²) in [6.45, 7) is 4.38. The molecule has 1 aromatic carbocycles. The average Bonchev–Trinajstić information content (AvgIpc) is 3.47. The summed E-state index contributed by atoms with van der Waals surface area (Å²) in [7, 11) is -3.69. The lowest BCUT2D eigenvalue weighted by Crippen LogP contribution is -2.53. The van der Waals surface area contributed by atoms with Crippen molar-refractivity contribution in [2.45, 2.75) is 50.7 Å². The summed E-state index contributed by atoms with van der Waals surface area (Å²) in [5.41, 5.74) is -0.651. The summed E-state index contributed by atoms with van der Waals surface area (Å²) < 4.78 is 78.7. The maximum absolute atomic E-state index is 13.7. The maximum atomic E-state index is 13.7. The van der Waals surface area contributed by atoms with Gasteiger partial charge >= 0.3 is 6.18 Å². The van der Waals surface area contributed by atoms with Gasteiger partial charge in [0.15, 0.2) is 28.1 Å². The number of alkyl halides is 3. The van der Waals surface area contributed by atoms with Gasteiger partial charge in [0.1, 0.15) is 28.6 Å². The van der Waals surface area contributed by atoms with E-state index in [-0.39, 0.29) is 47.4 Å². The van der Waals surface area contributed by atoms with Crippen LogP contribution in [-0.4, -0.2) is 66.6 Å². The Hall–Kier alpha value is -4.08. The second-order valence-electron chi connectivity index (χ2n) is 11.4. The third-order valence-electron chi connectivity index (χ3n) is 6.77. The van der Waals surface area contributed by atoms with Crippen LogP contribution in [-0.2, 0) is 32.0 Å². The summed E-state index contributed by atoms with van der Waals surface area (Å²) in [6.07, 6.45) is -3.17. The van der Waals surface area contributed by atoms with E-state index in [4.69, 9.17) is 14.0 Å². The summed E-state index contributed by atoms with van der Waals surface area (Å²) in [6, 6.07) is 5.83. The lowest BCUT2D eigenvalue weighted by molar-refractivity contribution is -0.153. The quantitative estimate of drug-likeness (QED) is 0.428. The molecule has 42 heavy (non-hydrogen) atoms. The van der Waals surface area contributed by atoms with E-state index in [1.54, 1.807) is 6.07 Å². The van der Waals surface area contributed by atoms with Gasteiger partial charge in [-0.25, -0.2) is 8.42 Å². The smallest absolute Gasteiger partial charge is 0.422 e. The number of amides is 2. The second kappa shape index (κ2) is 10.0. The van der Waals surface area contributed by atoms with E-state index in [1.807, 2.05) is 20.8 Å². The van der Waals surface area contributed by atoms with Gasteiger partial charge in [-0.3, -0.25) is 9.59 Å². The van der Waals surface area contributed by atoms with Crippen molar-refractivity contribution in [2.75, 3.05) is 30.5 Å². The number of hydrogen-bond acceptors (Lipinski definition) is 9. The van der Waals surface area contributed by atoms with Crippen LogP contribution >= 0.6 is 0 Å².